The number of benzene rings is 6. The molecule has 0 saturated carbocycles. The van der Waals surface area contributed by atoms with Crippen LogP contribution in [0.3, 0.4) is 0 Å². The quantitative estimate of drug-likeness (QED) is 0.0394. The van der Waals surface area contributed by atoms with Crippen LogP contribution in [-0.2, 0) is 87.0 Å². The van der Waals surface area contributed by atoms with Crippen LogP contribution in [0.25, 0.3) is 0 Å². The second-order valence-electron chi connectivity index (χ2n) is 17.5. The highest BCUT2D eigenvalue weighted by atomic mass is 16.8. The summed E-state index contributed by atoms with van der Waals surface area (Å²) in [5, 5.41) is 12.7. The van der Waals surface area contributed by atoms with Crippen molar-refractivity contribution in [3.63, 3.8) is 0 Å². The van der Waals surface area contributed by atoms with Gasteiger partial charge >= 0.3 is 0 Å². The summed E-state index contributed by atoms with van der Waals surface area (Å²) in [6.45, 7) is 6.13. The molecule has 0 aliphatic carbocycles. The van der Waals surface area contributed by atoms with Crippen LogP contribution in [0, 0.1) is 0 Å². The fraction of sp³-hybridized carbons (Fsp3) is 0.356. The summed E-state index contributed by atoms with van der Waals surface area (Å²) in [4.78, 5) is 0. The normalized spacial score (nSPS) is 24.5. The molecule has 10 atom stereocenters. The Kier molecular flexibility index (Phi) is 20.3. The molecule has 0 aromatic heterocycles. The molecule has 2 aliphatic rings. The predicted molar refractivity (Wildman–Crippen MR) is 266 cm³/mol. The van der Waals surface area contributed by atoms with Crippen LogP contribution < -0.4 is 0 Å². The van der Waals surface area contributed by atoms with Crippen molar-refractivity contribution in [2.75, 3.05) is 19.8 Å². The molecule has 0 bridgehead atoms. The minimum atomic E-state index is -1.36. The van der Waals surface area contributed by atoms with Gasteiger partial charge in [-0.25, -0.2) is 0 Å². The highest BCUT2D eigenvalue weighted by Crippen LogP contribution is 2.36. The van der Waals surface area contributed by atoms with Gasteiger partial charge in [-0.05, 0) is 46.2 Å². The fourth-order valence-electron chi connectivity index (χ4n) is 8.60. The summed E-state index contributed by atoms with van der Waals surface area (Å²) < 4.78 is 67.7. The van der Waals surface area contributed by atoms with E-state index in [1.807, 2.05) is 188 Å². The third-order valence-electron chi connectivity index (χ3n) is 12.3. The van der Waals surface area contributed by atoms with Gasteiger partial charge in [-0.15, -0.1) is 6.58 Å². The maximum Gasteiger partial charge on any atom is 0.187 e. The Morgan fingerprint density at radius 2 is 0.743 bits per heavy atom. The second kappa shape index (κ2) is 27.9. The summed E-state index contributed by atoms with van der Waals surface area (Å²) in [7, 11) is 0. The zero-order chi connectivity index (χ0) is 48.0. The van der Waals surface area contributed by atoms with Crippen LogP contribution >= 0.6 is 0 Å². The highest BCUT2D eigenvalue weighted by Gasteiger charge is 2.54. The smallest absolute Gasteiger partial charge is 0.187 e. The van der Waals surface area contributed by atoms with Gasteiger partial charge in [0.1, 0.15) is 48.8 Å². The van der Waals surface area contributed by atoms with E-state index in [1.165, 1.54) is 0 Å². The summed E-state index contributed by atoms with van der Waals surface area (Å²) >= 11 is 0. The lowest BCUT2D eigenvalue weighted by Crippen LogP contribution is -2.66. The fourth-order valence-corrected chi connectivity index (χ4v) is 8.60. The molecule has 0 radical (unpaired) electrons. The van der Waals surface area contributed by atoms with E-state index in [0.29, 0.717) is 26.2 Å². The summed E-state index contributed by atoms with van der Waals surface area (Å²) in [5.74, 6) is 0. The molecule has 368 valence electrons. The molecule has 2 aliphatic heterocycles. The molecule has 70 heavy (non-hydrogen) atoms. The first-order valence-electron chi connectivity index (χ1n) is 24.3. The van der Waals surface area contributed by atoms with Gasteiger partial charge in [-0.3, -0.25) is 0 Å². The standard InChI is InChI=1S/C59H66O11/c1-2-3-22-35-63-59-57(56(67-41-49-33-20-9-21-34-49)54(65-39-47-29-16-7-17-30-47)51(69-59)43-62-37-45-25-12-5-13-26-45)70-58-52(60)55(66-40-48-31-18-8-19-32-48)53(64-38-46-27-14-6-15-28-46)50(68-58)42-61-36-44-23-10-4-11-24-44/h2,4-21,23-34,50-60H,1,3,22,35-43H2/t50-,51-,52-,53-,54-,55-,56+,57+,58+,59-/m1/s1. The van der Waals surface area contributed by atoms with Crippen LogP contribution in [0.4, 0.5) is 0 Å². The number of ether oxygens (including phenoxy) is 10. The lowest BCUT2D eigenvalue weighted by Gasteiger charge is -2.49. The molecule has 11 heteroatoms. The first-order chi connectivity index (χ1) is 34.6. The van der Waals surface area contributed by atoms with E-state index < -0.39 is 61.4 Å². The van der Waals surface area contributed by atoms with Crippen molar-refractivity contribution in [3.05, 3.63) is 228 Å². The molecule has 0 unspecified atom stereocenters. The number of unbranched alkanes of at least 4 members (excludes halogenated alkanes) is 1. The van der Waals surface area contributed by atoms with Crippen LogP contribution in [0.15, 0.2) is 195 Å². The van der Waals surface area contributed by atoms with E-state index in [1.54, 1.807) is 0 Å². The zero-order valence-corrected chi connectivity index (χ0v) is 39.7. The van der Waals surface area contributed by atoms with E-state index in [2.05, 4.69) is 6.58 Å². The van der Waals surface area contributed by atoms with Crippen molar-refractivity contribution in [3.8, 4) is 0 Å². The third kappa shape index (κ3) is 15.3. The highest BCUT2D eigenvalue weighted by molar-refractivity contribution is 5.18. The number of rotatable bonds is 27. The molecule has 6 aromatic carbocycles. The van der Waals surface area contributed by atoms with Crippen molar-refractivity contribution in [2.24, 2.45) is 0 Å². The molecule has 2 saturated heterocycles. The third-order valence-corrected chi connectivity index (χ3v) is 12.3. The van der Waals surface area contributed by atoms with E-state index in [-0.39, 0.29) is 39.6 Å². The molecular weight excluding hydrogens is 885 g/mol. The molecule has 0 spiro atoms. The van der Waals surface area contributed by atoms with E-state index in [9.17, 15) is 5.11 Å². The summed E-state index contributed by atoms with van der Waals surface area (Å²) in [5.41, 5.74) is 5.84. The summed E-state index contributed by atoms with van der Waals surface area (Å²) in [6.07, 6.45) is -6.07. The first-order valence-corrected chi connectivity index (χ1v) is 24.3. The number of aliphatic hydroxyl groups excluding tert-OH is 1. The largest absolute Gasteiger partial charge is 0.385 e. The van der Waals surface area contributed by atoms with Crippen LogP contribution in [0.5, 0.6) is 0 Å². The number of allylic oxidation sites excluding steroid dienone is 1. The lowest BCUT2D eigenvalue weighted by atomic mass is 9.96. The lowest BCUT2D eigenvalue weighted by molar-refractivity contribution is -0.379. The number of hydrogen-bond acceptors (Lipinski definition) is 11. The van der Waals surface area contributed by atoms with Gasteiger partial charge in [0.2, 0.25) is 0 Å². The molecule has 6 aromatic rings. The van der Waals surface area contributed by atoms with Crippen LogP contribution in [0.1, 0.15) is 46.2 Å². The number of hydrogen-bond donors (Lipinski definition) is 1. The van der Waals surface area contributed by atoms with Gasteiger partial charge in [0.25, 0.3) is 0 Å². The number of aliphatic hydroxyl groups is 1. The van der Waals surface area contributed by atoms with Gasteiger partial charge in [0, 0.05) is 0 Å². The topological polar surface area (TPSA) is 113 Å². The SMILES string of the molecule is C=CCCCO[C@@H]1O[C@H](COCc2ccccc2)[C@@H](OCc2ccccc2)[C@H](OCc2ccccc2)[C@@H]1O[C@@H]1O[C@H](COCc2ccccc2)[C@@H](OCc2ccccc2)[C@H](OCc2ccccc2)[C@H]1O. The van der Waals surface area contributed by atoms with Gasteiger partial charge in [-0.1, -0.05) is 188 Å². The van der Waals surface area contributed by atoms with E-state index in [4.69, 9.17) is 47.4 Å². The average molecular weight is 951 g/mol. The van der Waals surface area contributed by atoms with E-state index in [0.717, 1.165) is 39.8 Å². The van der Waals surface area contributed by atoms with Crippen LogP contribution in [0.2, 0.25) is 0 Å². The summed E-state index contributed by atoms with van der Waals surface area (Å²) in [6, 6.07) is 59.6. The Morgan fingerprint density at radius 3 is 1.14 bits per heavy atom. The maximum atomic E-state index is 12.7. The van der Waals surface area contributed by atoms with Crippen molar-refractivity contribution in [1.29, 1.82) is 0 Å². The Bertz CT molecular complexity index is 2330. The van der Waals surface area contributed by atoms with Crippen molar-refractivity contribution in [1.82, 2.24) is 0 Å². The molecule has 8 rings (SSSR count). The zero-order valence-electron chi connectivity index (χ0n) is 39.7. The molecule has 1 N–H and O–H groups in total. The molecule has 2 heterocycles. The van der Waals surface area contributed by atoms with E-state index >= 15 is 0 Å². The Morgan fingerprint density at radius 1 is 0.400 bits per heavy atom. The predicted octanol–water partition coefficient (Wildman–Crippen LogP) is 9.94. The van der Waals surface area contributed by atoms with Gasteiger partial charge < -0.3 is 52.5 Å². The van der Waals surface area contributed by atoms with Gasteiger partial charge in [-0.2, -0.15) is 0 Å². The Hall–Kier alpha value is -5.38. The van der Waals surface area contributed by atoms with Gasteiger partial charge in [0.05, 0.1) is 59.5 Å². The van der Waals surface area contributed by atoms with Crippen LogP contribution in [-0.4, -0.2) is 86.3 Å². The maximum absolute atomic E-state index is 12.7. The molecule has 0 amide bonds. The monoisotopic (exact) mass is 950 g/mol. The Labute approximate surface area is 412 Å². The van der Waals surface area contributed by atoms with Crippen molar-refractivity contribution < 1.29 is 52.5 Å². The average Bonchev–Trinajstić information content (AvgIpc) is 3.41. The minimum Gasteiger partial charge on any atom is -0.385 e. The molecule has 2 fully saturated rings. The minimum absolute atomic E-state index is 0.104. The Balaban J connectivity index is 1.13. The van der Waals surface area contributed by atoms with Crippen molar-refractivity contribution in [2.45, 2.75) is 114 Å². The van der Waals surface area contributed by atoms with Gasteiger partial charge in [0.15, 0.2) is 12.6 Å². The molecular formula is C59H66O11. The first kappa shape index (κ1) is 51.0. The second-order valence-corrected chi connectivity index (χ2v) is 17.5. The van der Waals surface area contributed by atoms with Crippen molar-refractivity contribution >= 4 is 0 Å². The molecule has 11 nitrogen and oxygen atoms in total.